The SMILES string of the molecule is COc1cccc(OCC(=O)Nc2nc3ccc4nc(SC)sc4c3s2)c1. The summed E-state index contributed by atoms with van der Waals surface area (Å²) in [5.41, 5.74) is 1.81. The minimum Gasteiger partial charge on any atom is -0.497 e. The second kappa shape index (κ2) is 7.71. The number of carbonyl (C=O) groups excluding carboxylic acids is 1. The van der Waals surface area contributed by atoms with Crippen molar-refractivity contribution in [1.29, 1.82) is 0 Å². The van der Waals surface area contributed by atoms with Crippen LogP contribution in [-0.4, -0.2) is 35.8 Å². The summed E-state index contributed by atoms with van der Waals surface area (Å²) in [4.78, 5) is 21.3. The summed E-state index contributed by atoms with van der Waals surface area (Å²) < 4.78 is 13.8. The van der Waals surface area contributed by atoms with E-state index in [9.17, 15) is 4.79 Å². The van der Waals surface area contributed by atoms with Crippen LogP contribution in [0.4, 0.5) is 5.13 Å². The zero-order chi connectivity index (χ0) is 18.8. The molecule has 4 rings (SSSR count). The molecule has 1 amide bonds. The Morgan fingerprint density at radius 1 is 1.11 bits per heavy atom. The van der Waals surface area contributed by atoms with Gasteiger partial charge in [0.05, 0.1) is 27.5 Å². The smallest absolute Gasteiger partial charge is 0.264 e. The van der Waals surface area contributed by atoms with E-state index >= 15 is 0 Å². The van der Waals surface area contributed by atoms with Crippen molar-refractivity contribution in [3.8, 4) is 11.5 Å². The molecule has 0 radical (unpaired) electrons. The molecule has 27 heavy (non-hydrogen) atoms. The summed E-state index contributed by atoms with van der Waals surface area (Å²) >= 11 is 4.72. The molecule has 6 nitrogen and oxygen atoms in total. The van der Waals surface area contributed by atoms with Gasteiger partial charge in [-0.3, -0.25) is 10.1 Å². The second-order valence-electron chi connectivity index (χ2n) is 5.48. The third-order valence-corrected chi connectivity index (χ3v) is 6.93. The maximum atomic E-state index is 12.2. The number of aromatic nitrogens is 2. The highest BCUT2D eigenvalue weighted by Gasteiger charge is 2.13. The van der Waals surface area contributed by atoms with E-state index in [-0.39, 0.29) is 12.5 Å². The Morgan fingerprint density at radius 3 is 2.63 bits per heavy atom. The Bertz CT molecular complexity index is 1120. The summed E-state index contributed by atoms with van der Waals surface area (Å²) in [6.45, 7) is -0.102. The Balaban J connectivity index is 1.48. The van der Waals surface area contributed by atoms with Gasteiger partial charge in [-0.2, -0.15) is 0 Å². The minimum absolute atomic E-state index is 0.102. The number of benzene rings is 2. The number of amides is 1. The molecule has 1 N–H and O–H groups in total. The van der Waals surface area contributed by atoms with Gasteiger partial charge in [0, 0.05) is 6.07 Å². The number of anilines is 1. The molecule has 4 aromatic rings. The van der Waals surface area contributed by atoms with Gasteiger partial charge < -0.3 is 9.47 Å². The van der Waals surface area contributed by atoms with Crippen molar-refractivity contribution in [2.75, 3.05) is 25.3 Å². The number of carbonyl (C=O) groups is 1. The molecule has 0 atom stereocenters. The van der Waals surface area contributed by atoms with Gasteiger partial charge in [0.1, 0.15) is 11.5 Å². The number of thiazole rings is 2. The number of hydrogen-bond donors (Lipinski definition) is 1. The van der Waals surface area contributed by atoms with Crippen molar-refractivity contribution in [2.24, 2.45) is 0 Å². The lowest BCUT2D eigenvalue weighted by atomic mass is 10.3. The van der Waals surface area contributed by atoms with Crippen molar-refractivity contribution in [2.45, 2.75) is 4.34 Å². The molecule has 0 bridgehead atoms. The van der Waals surface area contributed by atoms with Gasteiger partial charge in [0.25, 0.3) is 5.91 Å². The number of nitrogens with zero attached hydrogens (tertiary/aromatic N) is 2. The van der Waals surface area contributed by atoms with Crippen molar-refractivity contribution in [3.05, 3.63) is 36.4 Å². The fourth-order valence-corrected chi connectivity index (χ4v) is 5.16. The molecule has 0 aliphatic rings. The first-order valence-corrected chi connectivity index (χ1v) is 10.8. The van der Waals surface area contributed by atoms with E-state index in [0.717, 1.165) is 24.8 Å². The van der Waals surface area contributed by atoms with E-state index in [1.165, 1.54) is 11.3 Å². The molecule has 0 aliphatic carbocycles. The number of methoxy groups -OCH3 is 1. The van der Waals surface area contributed by atoms with Gasteiger partial charge in [0.15, 0.2) is 16.1 Å². The van der Waals surface area contributed by atoms with E-state index in [1.54, 1.807) is 42.3 Å². The van der Waals surface area contributed by atoms with E-state index in [2.05, 4.69) is 15.3 Å². The molecule has 9 heteroatoms. The first-order valence-electron chi connectivity index (χ1n) is 7.97. The van der Waals surface area contributed by atoms with Gasteiger partial charge in [0.2, 0.25) is 0 Å². The maximum absolute atomic E-state index is 12.2. The van der Waals surface area contributed by atoms with Crippen LogP contribution in [-0.2, 0) is 4.79 Å². The Labute approximate surface area is 167 Å². The third-order valence-electron chi connectivity index (χ3n) is 3.72. The molecular weight excluding hydrogens is 402 g/mol. The molecule has 0 saturated heterocycles. The number of nitrogens with one attached hydrogen (secondary N) is 1. The van der Waals surface area contributed by atoms with E-state index < -0.39 is 0 Å². The molecule has 0 saturated carbocycles. The van der Waals surface area contributed by atoms with E-state index in [4.69, 9.17) is 9.47 Å². The van der Waals surface area contributed by atoms with E-state index in [1.807, 2.05) is 30.5 Å². The van der Waals surface area contributed by atoms with Crippen LogP contribution in [0.2, 0.25) is 0 Å². The highest BCUT2D eigenvalue weighted by Crippen LogP contribution is 2.37. The van der Waals surface area contributed by atoms with Crippen LogP contribution in [0.15, 0.2) is 40.7 Å². The van der Waals surface area contributed by atoms with Gasteiger partial charge >= 0.3 is 0 Å². The average Bonchev–Trinajstić information content (AvgIpc) is 3.29. The van der Waals surface area contributed by atoms with Crippen LogP contribution in [0.5, 0.6) is 11.5 Å². The Kier molecular flexibility index (Phi) is 5.15. The lowest BCUT2D eigenvalue weighted by molar-refractivity contribution is -0.118. The standard InChI is InChI=1S/C18H15N3O3S3/c1-23-10-4-3-5-11(8-10)24-9-14(22)21-17-19-12-6-7-13-16(15(12)26-17)27-18(20-13)25-2/h3-8H,9H2,1-2H3,(H,19,21,22). The largest absolute Gasteiger partial charge is 0.497 e. The quantitative estimate of drug-likeness (QED) is 0.460. The first kappa shape index (κ1) is 18.0. The topological polar surface area (TPSA) is 73.3 Å². The van der Waals surface area contributed by atoms with Crippen LogP contribution in [0.25, 0.3) is 20.4 Å². The molecular formula is C18H15N3O3S3. The number of rotatable bonds is 6. The summed E-state index contributed by atoms with van der Waals surface area (Å²) in [5, 5.41) is 3.36. The van der Waals surface area contributed by atoms with E-state index in [0.29, 0.717) is 16.6 Å². The van der Waals surface area contributed by atoms with Gasteiger partial charge in [-0.1, -0.05) is 29.2 Å². The van der Waals surface area contributed by atoms with Crippen molar-refractivity contribution < 1.29 is 14.3 Å². The molecule has 0 unspecified atom stereocenters. The number of hydrogen-bond acceptors (Lipinski definition) is 8. The van der Waals surface area contributed by atoms with Gasteiger partial charge in [-0.15, -0.1) is 11.3 Å². The molecule has 2 heterocycles. The van der Waals surface area contributed by atoms with Crippen LogP contribution in [0, 0.1) is 0 Å². The lowest BCUT2D eigenvalue weighted by Crippen LogP contribution is -2.19. The average molecular weight is 418 g/mol. The zero-order valence-electron chi connectivity index (χ0n) is 14.5. The highest BCUT2D eigenvalue weighted by atomic mass is 32.2. The maximum Gasteiger partial charge on any atom is 0.264 e. The minimum atomic E-state index is -0.262. The number of thioether (sulfide) groups is 1. The summed E-state index contributed by atoms with van der Waals surface area (Å²) in [5.74, 6) is 0.990. The molecule has 0 aliphatic heterocycles. The monoisotopic (exact) mass is 417 g/mol. The third kappa shape index (κ3) is 3.85. The van der Waals surface area contributed by atoms with Gasteiger partial charge in [-0.05, 0) is 30.5 Å². The predicted molar refractivity (Wildman–Crippen MR) is 112 cm³/mol. The van der Waals surface area contributed by atoms with Crippen LogP contribution in [0.1, 0.15) is 0 Å². The summed E-state index contributed by atoms with van der Waals surface area (Å²) in [6.07, 6.45) is 2.01. The molecule has 0 spiro atoms. The second-order valence-corrected chi connectivity index (χ2v) is 8.53. The van der Waals surface area contributed by atoms with Crippen LogP contribution >= 0.6 is 34.4 Å². The van der Waals surface area contributed by atoms with Crippen molar-refractivity contribution in [1.82, 2.24) is 9.97 Å². The molecule has 2 aromatic carbocycles. The molecule has 2 aromatic heterocycles. The van der Waals surface area contributed by atoms with Crippen molar-refractivity contribution >= 4 is 65.9 Å². The Hall–Kier alpha value is -2.36. The summed E-state index contributed by atoms with van der Waals surface area (Å²) in [7, 11) is 1.58. The predicted octanol–water partition coefficient (Wildman–Crippen LogP) is 4.65. The summed E-state index contributed by atoms with van der Waals surface area (Å²) in [6, 6.07) is 11.0. The lowest BCUT2D eigenvalue weighted by Gasteiger charge is -2.07. The fourth-order valence-electron chi connectivity index (χ4n) is 2.49. The Morgan fingerprint density at radius 2 is 1.85 bits per heavy atom. The van der Waals surface area contributed by atoms with Crippen LogP contribution < -0.4 is 14.8 Å². The molecule has 0 fully saturated rings. The first-order chi connectivity index (χ1) is 13.2. The van der Waals surface area contributed by atoms with Crippen LogP contribution in [0.3, 0.4) is 0 Å². The fraction of sp³-hybridized carbons (Fsp3) is 0.167. The van der Waals surface area contributed by atoms with Crippen molar-refractivity contribution in [3.63, 3.8) is 0 Å². The van der Waals surface area contributed by atoms with Gasteiger partial charge in [-0.25, -0.2) is 9.97 Å². The molecule has 138 valence electrons. The number of ether oxygens (including phenoxy) is 2. The zero-order valence-corrected chi connectivity index (χ0v) is 17.0. The highest BCUT2D eigenvalue weighted by molar-refractivity contribution is 8.00. The number of fused-ring (bicyclic) bond motifs is 3. The normalized spacial score (nSPS) is 11.0.